The molecule has 0 N–H and O–H groups in total. The lowest BCUT2D eigenvalue weighted by Gasteiger charge is -2.38. The quantitative estimate of drug-likeness (QED) is 0.690. The van der Waals surface area contributed by atoms with Gasteiger partial charge in [0, 0.05) is 18.4 Å². The Morgan fingerprint density at radius 2 is 2.17 bits per heavy atom. The van der Waals surface area contributed by atoms with Crippen LogP contribution in [0.1, 0.15) is 51.9 Å². The van der Waals surface area contributed by atoms with Gasteiger partial charge in [0.25, 0.3) is 0 Å². The van der Waals surface area contributed by atoms with Gasteiger partial charge in [0.2, 0.25) is 0 Å². The van der Waals surface area contributed by atoms with Gasteiger partial charge in [-0.2, -0.15) is 11.8 Å². The highest BCUT2D eigenvalue weighted by Gasteiger charge is 2.36. The molecule has 18 heavy (non-hydrogen) atoms. The SMILES string of the molecule is CCSCCCN1CCCCC1C1CCCC1=O. The van der Waals surface area contributed by atoms with Gasteiger partial charge in [-0.15, -0.1) is 0 Å². The van der Waals surface area contributed by atoms with E-state index in [1.54, 1.807) is 0 Å². The number of Topliss-reactive ketones (excluding diaryl/α,β-unsaturated/α-hetero) is 1. The first-order chi connectivity index (χ1) is 8.83. The second kappa shape index (κ2) is 7.54. The number of rotatable bonds is 6. The molecule has 0 aromatic rings. The summed E-state index contributed by atoms with van der Waals surface area (Å²) in [5, 5.41) is 0. The largest absolute Gasteiger partial charge is 0.300 e. The fourth-order valence-corrected chi connectivity index (χ4v) is 4.14. The third kappa shape index (κ3) is 3.74. The van der Waals surface area contributed by atoms with Gasteiger partial charge in [0.05, 0.1) is 0 Å². The van der Waals surface area contributed by atoms with Crippen LogP contribution < -0.4 is 0 Å². The lowest BCUT2D eigenvalue weighted by molar-refractivity contribution is -0.123. The maximum atomic E-state index is 12.0. The molecule has 0 radical (unpaired) electrons. The Balaban J connectivity index is 1.83. The van der Waals surface area contributed by atoms with Gasteiger partial charge in [-0.3, -0.25) is 9.69 Å². The average Bonchev–Trinajstić information content (AvgIpc) is 2.81. The lowest BCUT2D eigenvalue weighted by Crippen LogP contribution is -2.45. The number of hydrogen-bond donors (Lipinski definition) is 0. The van der Waals surface area contributed by atoms with Crippen LogP contribution in [-0.2, 0) is 4.79 Å². The van der Waals surface area contributed by atoms with Crippen molar-refractivity contribution in [1.29, 1.82) is 0 Å². The molecule has 1 aliphatic heterocycles. The van der Waals surface area contributed by atoms with E-state index in [1.165, 1.54) is 50.3 Å². The Kier molecular flexibility index (Phi) is 6.03. The zero-order chi connectivity index (χ0) is 12.8. The smallest absolute Gasteiger partial charge is 0.137 e. The van der Waals surface area contributed by atoms with Crippen molar-refractivity contribution in [1.82, 2.24) is 4.90 Å². The Hall–Kier alpha value is -0.0200. The van der Waals surface area contributed by atoms with Crippen molar-refractivity contribution >= 4 is 17.5 Å². The topological polar surface area (TPSA) is 20.3 Å². The Morgan fingerprint density at radius 1 is 1.28 bits per heavy atom. The third-order valence-corrected chi connectivity index (χ3v) is 5.40. The van der Waals surface area contributed by atoms with E-state index in [9.17, 15) is 4.79 Å². The molecule has 1 saturated heterocycles. The molecule has 0 aromatic heterocycles. The first kappa shape index (κ1) is 14.4. The van der Waals surface area contributed by atoms with E-state index in [0.29, 0.717) is 17.7 Å². The van der Waals surface area contributed by atoms with E-state index in [1.807, 2.05) is 11.8 Å². The predicted molar refractivity (Wildman–Crippen MR) is 79.2 cm³/mol. The summed E-state index contributed by atoms with van der Waals surface area (Å²) < 4.78 is 0. The molecular weight excluding hydrogens is 242 g/mol. The van der Waals surface area contributed by atoms with Crippen molar-refractivity contribution < 1.29 is 4.79 Å². The van der Waals surface area contributed by atoms with Crippen molar-refractivity contribution in [3.05, 3.63) is 0 Å². The first-order valence-electron chi connectivity index (χ1n) is 7.67. The standard InChI is InChI=1S/C15H27NOS/c1-2-18-12-6-11-16-10-4-3-8-14(16)13-7-5-9-15(13)17/h13-14H,2-12H2,1H3. The van der Waals surface area contributed by atoms with E-state index in [-0.39, 0.29) is 0 Å². The van der Waals surface area contributed by atoms with Crippen LogP contribution in [0.4, 0.5) is 0 Å². The van der Waals surface area contributed by atoms with E-state index in [2.05, 4.69) is 11.8 Å². The van der Waals surface area contributed by atoms with Crippen molar-refractivity contribution in [3.63, 3.8) is 0 Å². The Bertz CT molecular complexity index is 269. The molecule has 0 spiro atoms. The lowest BCUT2D eigenvalue weighted by atomic mass is 9.88. The van der Waals surface area contributed by atoms with Crippen LogP contribution in [-0.4, -0.2) is 41.3 Å². The number of piperidine rings is 1. The zero-order valence-corrected chi connectivity index (χ0v) is 12.5. The molecule has 2 atom stereocenters. The van der Waals surface area contributed by atoms with Crippen molar-refractivity contribution in [2.24, 2.45) is 5.92 Å². The van der Waals surface area contributed by atoms with E-state index >= 15 is 0 Å². The van der Waals surface area contributed by atoms with Crippen LogP contribution in [0, 0.1) is 5.92 Å². The molecule has 104 valence electrons. The van der Waals surface area contributed by atoms with Crippen LogP contribution in [0.25, 0.3) is 0 Å². The molecule has 2 aliphatic rings. The normalized spacial score (nSPS) is 29.9. The number of nitrogens with zero attached hydrogens (tertiary/aromatic N) is 1. The number of carbonyl (C=O) groups is 1. The molecule has 3 heteroatoms. The number of likely N-dealkylation sites (tertiary alicyclic amines) is 1. The maximum Gasteiger partial charge on any atom is 0.137 e. The van der Waals surface area contributed by atoms with Gasteiger partial charge in [0.1, 0.15) is 5.78 Å². The number of hydrogen-bond acceptors (Lipinski definition) is 3. The summed E-state index contributed by atoms with van der Waals surface area (Å²) in [6, 6.07) is 0.584. The van der Waals surface area contributed by atoms with Crippen LogP contribution in [0.3, 0.4) is 0 Å². The Labute approximate surface area is 116 Å². The molecule has 2 rings (SSSR count). The second-order valence-corrected chi connectivity index (χ2v) is 7.01. The number of carbonyl (C=O) groups excluding carboxylic acids is 1. The monoisotopic (exact) mass is 269 g/mol. The molecule has 0 amide bonds. The molecule has 2 fully saturated rings. The molecule has 0 bridgehead atoms. The van der Waals surface area contributed by atoms with E-state index < -0.39 is 0 Å². The van der Waals surface area contributed by atoms with E-state index in [4.69, 9.17) is 0 Å². The van der Waals surface area contributed by atoms with Crippen LogP contribution in [0.2, 0.25) is 0 Å². The number of thioether (sulfide) groups is 1. The minimum atomic E-state index is 0.379. The van der Waals surface area contributed by atoms with Crippen LogP contribution in [0.15, 0.2) is 0 Å². The molecule has 1 aliphatic carbocycles. The first-order valence-corrected chi connectivity index (χ1v) is 8.83. The minimum Gasteiger partial charge on any atom is -0.300 e. The van der Waals surface area contributed by atoms with Crippen molar-refractivity contribution in [2.75, 3.05) is 24.6 Å². The van der Waals surface area contributed by atoms with Gasteiger partial charge in [-0.05, 0) is 56.7 Å². The second-order valence-electron chi connectivity index (χ2n) is 5.61. The molecule has 1 saturated carbocycles. The predicted octanol–water partition coefficient (Wildman–Crippen LogP) is 3.35. The van der Waals surface area contributed by atoms with Gasteiger partial charge >= 0.3 is 0 Å². The highest BCUT2D eigenvalue weighted by molar-refractivity contribution is 7.99. The summed E-state index contributed by atoms with van der Waals surface area (Å²) in [6.45, 7) is 4.66. The summed E-state index contributed by atoms with van der Waals surface area (Å²) in [5.74, 6) is 3.43. The highest BCUT2D eigenvalue weighted by atomic mass is 32.2. The summed E-state index contributed by atoms with van der Waals surface area (Å²) in [6.07, 6.45) is 8.35. The van der Waals surface area contributed by atoms with Crippen LogP contribution in [0.5, 0.6) is 0 Å². The van der Waals surface area contributed by atoms with Gasteiger partial charge in [0.15, 0.2) is 0 Å². The fourth-order valence-electron chi connectivity index (χ4n) is 3.51. The molecule has 1 heterocycles. The third-order valence-electron chi connectivity index (χ3n) is 4.42. The molecule has 0 aromatic carbocycles. The highest BCUT2D eigenvalue weighted by Crippen LogP contribution is 2.32. The molecular formula is C15H27NOS. The minimum absolute atomic E-state index is 0.379. The number of ketones is 1. The summed E-state index contributed by atoms with van der Waals surface area (Å²) >= 11 is 2.04. The van der Waals surface area contributed by atoms with Gasteiger partial charge < -0.3 is 0 Å². The van der Waals surface area contributed by atoms with Crippen molar-refractivity contribution in [2.45, 2.75) is 57.9 Å². The van der Waals surface area contributed by atoms with Gasteiger partial charge in [-0.1, -0.05) is 13.3 Å². The summed E-state index contributed by atoms with van der Waals surface area (Å²) in [5.41, 5.74) is 0. The Morgan fingerprint density at radius 3 is 2.89 bits per heavy atom. The van der Waals surface area contributed by atoms with E-state index in [0.717, 1.165) is 19.3 Å². The molecule has 2 unspecified atom stereocenters. The fraction of sp³-hybridized carbons (Fsp3) is 0.933. The zero-order valence-electron chi connectivity index (χ0n) is 11.7. The summed E-state index contributed by atoms with van der Waals surface area (Å²) in [7, 11) is 0. The van der Waals surface area contributed by atoms with Gasteiger partial charge in [-0.25, -0.2) is 0 Å². The maximum absolute atomic E-state index is 12.0. The molecule has 2 nitrogen and oxygen atoms in total. The average molecular weight is 269 g/mol. The van der Waals surface area contributed by atoms with Crippen molar-refractivity contribution in [3.8, 4) is 0 Å². The summed E-state index contributed by atoms with van der Waals surface area (Å²) in [4.78, 5) is 14.6. The van der Waals surface area contributed by atoms with Crippen LogP contribution >= 0.6 is 11.8 Å².